The summed E-state index contributed by atoms with van der Waals surface area (Å²) in [6, 6.07) is 2.58. The van der Waals surface area contributed by atoms with Crippen molar-refractivity contribution in [2.45, 2.75) is 26.3 Å². The van der Waals surface area contributed by atoms with Gasteiger partial charge in [-0.25, -0.2) is 0 Å². The molecule has 0 aliphatic rings. The van der Waals surface area contributed by atoms with Crippen molar-refractivity contribution >= 4 is 15.9 Å². The van der Waals surface area contributed by atoms with Crippen LogP contribution in [0.25, 0.3) is 0 Å². The first-order valence-electron chi connectivity index (χ1n) is 4.41. The van der Waals surface area contributed by atoms with Crippen molar-refractivity contribution in [1.82, 2.24) is 10.3 Å². The van der Waals surface area contributed by atoms with Crippen LogP contribution in [0.5, 0.6) is 0 Å². The molecular weight excluding hydrogens is 228 g/mol. The maximum Gasteiger partial charge on any atom is 0.0448 e. The van der Waals surface area contributed by atoms with Crippen LogP contribution in [0.4, 0.5) is 0 Å². The number of hydrogen-bond donors (Lipinski definition) is 1. The summed E-state index contributed by atoms with van der Waals surface area (Å²) in [4.78, 5) is 4.38. The quantitative estimate of drug-likeness (QED) is 0.881. The number of aryl methyl sites for hydroxylation is 1. The molecular formula is C10H15BrN2. The molecule has 0 saturated carbocycles. The Bertz CT molecular complexity index is 286. The van der Waals surface area contributed by atoms with Crippen LogP contribution in [-0.2, 0) is 6.42 Å². The van der Waals surface area contributed by atoms with Crippen LogP contribution in [0.15, 0.2) is 16.7 Å². The number of hydrogen-bond acceptors (Lipinski definition) is 2. The smallest absolute Gasteiger partial charge is 0.0448 e. The molecule has 1 aromatic heterocycles. The van der Waals surface area contributed by atoms with Crippen molar-refractivity contribution in [2.24, 2.45) is 0 Å². The Balaban J connectivity index is 2.77. The molecule has 0 saturated heterocycles. The molecule has 1 N–H and O–H groups in total. The maximum atomic E-state index is 4.38. The van der Waals surface area contributed by atoms with Crippen molar-refractivity contribution in [1.29, 1.82) is 0 Å². The maximum absolute atomic E-state index is 4.38. The highest BCUT2D eigenvalue weighted by Crippen LogP contribution is 2.13. The Morgan fingerprint density at radius 1 is 1.62 bits per heavy atom. The van der Waals surface area contributed by atoms with Crippen LogP contribution in [0.1, 0.15) is 18.2 Å². The van der Waals surface area contributed by atoms with E-state index in [0.717, 1.165) is 10.9 Å². The molecule has 1 rings (SSSR count). The molecule has 1 atom stereocenters. The van der Waals surface area contributed by atoms with Crippen LogP contribution < -0.4 is 5.32 Å². The standard InChI is InChI=1S/C10H15BrN2/c1-7-4-9(11)6-13-10(7)5-8(2)12-3/h4,6,8,12H,5H2,1-3H3. The first-order valence-corrected chi connectivity index (χ1v) is 5.21. The van der Waals surface area contributed by atoms with Gasteiger partial charge in [-0.05, 0) is 48.5 Å². The van der Waals surface area contributed by atoms with E-state index in [1.165, 1.54) is 11.3 Å². The predicted molar refractivity (Wildman–Crippen MR) is 58.9 cm³/mol. The van der Waals surface area contributed by atoms with Crippen LogP contribution in [0, 0.1) is 6.92 Å². The second-order valence-corrected chi connectivity index (χ2v) is 4.23. The van der Waals surface area contributed by atoms with E-state index in [4.69, 9.17) is 0 Å². The normalized spacial score (nSPS) is 12.9. The van der Waals surface area contributed by atoms with Gasteiger partial charge in [0.2, 0.25) is 0 Å². The van der Waals surface area contributed by atoms with Crippen molar-refractivity contribution < 1.29 is 0 Å². The van der Waals surface area contributed by atoms with E-state index in [-0.39, 0.29) is 0 Å². The van der Waals surface area contributed by atoms with Gasteiger partial charge in [0.05, 0.1) is 0 Å². The third kappa shape index (κ3) is 3.08. The summed E-state index contributed by atoms with van der Waals surface area (Å²) in [7, 11) is 1.97. The Kier molecular flexibility index (Phi) is 3.88. The van der Waals surface area contributed by atoms with Crippen molar-refractivity contribution in [2.75, 3.05) is 7.05 Å². The fraction of sp³-hybridized carbons (Fsp3) is 0.500. The van der Waals surface area contributed by atoms with E-state index in [9.17, 15) is 0 Å². The summed E-state index contributed by atoms with van der Waals surface area (Å²) in [5.41, 5.74) is 2.42. The Labute approximate surface area is 87.9 Å². The average Bonchev–Trinajstić information content (AvgIpc) is 2.09. The third-order valence-electron chi connectivity index (χ3n) is 2.15. The molecule has 0 fully saturated rings. The van der Waals surface area contributed by atoms with Gasteiger partial charge in [-0.3, -0.25) is 4.98 Å². The Morgan fingerprint density at radius 3 is 2.85 bits per heavy atom. The van der Waals surface area contributed by atoms with Gasteiger partial charge >= 0.3 is 0 Å². The summed E-state index contributed by atoms with van der Waals surface area (Å²) in [6.45, 7) is 4.25. The number of rotatable bonds is 3. The summed E-state index contributed by atoms with van der Waals surface area (Å²) in [6.07, 6.45) is 2.83. The molecule has 0 aliphatic carbocycles. The molecule has 0 bridgehead atoms. The van der Waals surface area contributed by atoms with E-state index in [1.54, 1.807) is 0 Å². The summed E-state index contributed by atoms with van der Waals surface area (Å²) in [5.74, 6) is 0. The average molecular weight is 243 g/mol. The van der Waals surface area contributed by atoms with Gasteiger partial charge in [0, 0.05) is 28.8 Å². The van der Waals surface area contributed by atoms with E-state index < -0.39 is 0 Å². The number of pyridine rings is 1. The summed E-state index contributed by atoms with van der Waals surface area (Å²) >= 11 is 3.40. The van der Waals surface area contributed by atoms with Gasteiger partial charge < -0.3 is 5.32 Å². The molecule has 13 heavy (non-hydrogen) atoms. The molecule has 0 spiro atoms. The first kappa shape index (κ1) is 10.7. The van der Waals surface area contributed by atoms with Crippen LogP contribution in [0.2, 0.25) is 0 Å². The number of nitrogens with one attached hydrogen (secondary N) is 1. The topological polar surface area (TPSA) is 24.9 Å². The fourth-order valence-electron chi connectivity index (χ4n) is 1.17. The lowest BCUT2D eigenvalue weighted by Crippen LogP contribution is -2.24. The fourth-order valence-corrected chi connectivity index (χ4v) is 1.62. The third-order valence-corrected chi connectivity index (χ3v) is 2.58. The predicted octanol–water partition coefficient (Wildman–Crippen LogP) is 2.30. The van der Waals surface area contributed by atoms with Crippen LogP contribution in [0.3, 0.4) is 0 Å². The minimum Gasteiger partial charge on any atom is -0.317 e. The summed E-state index contributed by atoms with van der Waals surface area (Å²) in [5, 5.41) is 3.20. The highest BCUT2D eigenvalue weighted by Gasteiger charge is 2.04. The zero-order valence-corrected chi connectivity index (χ0v) is 9.85. The lowest BCUT2D eigenvalue weighted by atomic mass is 10.1. The molecule has 1 heterocycles. The number of likely N-dealkylation sites (N-methyl/N-ethyl adjacent to an activating group) is 1. The lowest BCUT2D eigenvalue weighted by molar-refractivity contribution is 0.598. The van der Waals surface area contributed by atoms with E-state index in [2.05, 4.69) is 46.1 Å². The molecule has 0 aliphatic heterocycles. The molecule has 3 heteroatoms. The molecule has 1 unspecified atom stereocenters. The highest BCUT2D eigenvalue weighted by atomic mass is 79.9. The number of aromatic nitrogens is 1. The zero-order chi connectivity index (χ0) is 9.84. The van der Waals surface area contributed by atoms with Crippen LogP contribution in [-0.4, -0.2) is 18.1 Å². The Morgan fingerprint density at radius 2 is 2.31 bits per heavy atom. The lowest BCUT2D eigenvalue weighted by Gasteiger charge is -2.11. The van der Waals surface area contributed by atoms with Gasteiger partial charge in [0.1, 0.15) is 0 Å². The second kappa shape index (κ2) is 4.72. The molecule has 72 valence electrons. The van der Waals surface area contributed by atoms with Gasteiger partial charge in [-0.15, -0.1) is 0 Å². The molecule has 1 aromatic rings. The number of halogens is 1. The minimum absolute atomic E-state index is 0.479. The van der Waals surface area contributed by atoms with Crippen molar-refractivity contribution in [3.63, 3.8) is 0 Å². The summed E-state index contributed by atoms with van der Waals surface area (Å²) < 4.78 is 1.05. The largest absolute Gasteiger partial charge is 0.317 e. The molecule has 0 aromatic carbocycles. The molecule has 0 amide bonds. The van der Waals surface area contributed by atoms with Crippen molar-refractivity contribution in [3.05, 3.63) is 28.0 Å². The highest BCUT2D eigenvalue weighted by molar-refractivity contribution is 9.10. The number of nitrogens with zero attached hydrogens (tertiary/aromatic N) is 1. The van der Waals surface area contributed by atoms with Gasteiger partial charge in [0.15, 0.2) is 0 Å². The first-order chi connectivity index (χ1) is 6.13. The van der Waals surface area contributed by atoms with Gasteiger partial charge in [-0.1, -0.05) is 0 Å². The SMILES string of the molecule is CNC(C)Cc1ncc(Br)cc1C. The van der Waals surface area contributed by atoms with Crippen molar-refractivity contribution in [3.8, 4) is 0 Å². The Hall–Kier alpha value is -0.410. The monoisotopic (exact) mass is 242 g/mol. The van der Waals surface area contributed by atoms with E-state index in [0.29, 0.717) is 6.04 Å². The molecule has 2 nitrogen and oxygen atoms in total. The zero-order valence-electron chi connectivity index (χ0n) is 8.26. The molecule has 0 radical (unpaired) electrons. The minimum atomic E-state index is 0.479. The van der Waals surface area contributed by atoms with Gasteiger partial charge in [0.25, 0.3) is 0 Å². The van der Waals surface area contributed by atoms with Gasteiger partial charge in [-0.2, -0.15) is 0 Å². The van der Waals surface area contributed by atoms with E-state index >= 15 is 0 Å². The van der Waals surface area contributed by atoms with E-state index in [1.807, 2.05) is 13.2 Å². The second-order valence-electron chi connectivity index (χ2n) is 3.31. The van der Waals surface area contributed by atoms with Crippen LogP contribution >= 0.6 is 15.9 Å².